The van der Waals surface area contributed by atoms with Crippen LogP contribution in [-0.2, 0) is 4.79 Å². The average molecular weight is 343 g/mol. The number of anilines is 1. The molecule has 1 fully saturated rings. The summed E-state index contributed by atoms with van der Waals surface area (Å²) in [6, 6.07) is 9.86. The molecule has 8 heteroatoms. The Morgan fingerprint density at radius 1 is 1.12 bits per heavy atom. The van der Waals surface area contributed by atoms with Crippen molar-refractivity contribution in [3.8, 4) is 5.69 Å². The molecule has 0 radical (unpaired) electrons. The van der Waals surface area contributed by atoms with Crippen LogP contribution in [0.15, 0.2) is 30.3 Å². The van der Waals surface area contributed by atoms with Crippen molar-refractivity contribution in [3.05, 3.63) is 30.3 Å². The Kier molecular flexibility index (Phi) is 4.98. The lowest BCUT2D eigenvalue weighted by molar-refractivity contribution is -0.123. The van der Waals surface area contributed by atoms with Crippen LogP contribution >= 0.6 is 0 Å². The first-order valence-electron chi connectivity index (χ1n) is 8.54. The van der Waals surface area contributed by atoms with Crippen LogP contribution < -0.4 is 10.2 Å². The van der Waals surface area contributed by atoms with Gasteiger partial charge in [-0.15, -0.1) is 0 Å². The molecular weight excluding hydrogens is 318 g/mol. The van der Waals surface area contributed by atoms with E-state index in [1.54, 1.807) is 4.68 Å². The molecule has 1 saturated heterocycles. The van der Waals surface area contributed by atoms with Gasteiger partial charge in [0.25, 0.3) is 0 Å². The summed E-state index contributed by atoms with van der Waals surface area (Å²) in [5.74, 6) is 0.806. The number of para-hydroxylation sites is 1. The van der Waals surface area contributed by atoms with E-state index in [0.717, 1.165) is 37.8 Å². The highest BCUT2D eigenvalue weighted by Gasteiger charge is 2.24. The van der Waals surface area contributed by atoms with Crippen molar-refractivity contribution >= 4 is 11.9 Å². The predicted molar refractivity (Wildman–Crippen MR) is 95.7 cm³/mol. The maximum Gasteiger partial charge on any atom is 0.250 e. The second-order valence-corrected chi connectivity index (χ2v) is 7.29. The van der Waals surface area contributed by atoms with E-state index in [9.17, 15) is 4.79 Å². The maximum absolute atomic E-state index is 12.1. The summed E-state index contributed by atoms with van der Waals surface area (Å²) in [6.07, 6.45) is 0. The van der Waals surface area contributed by atoms with Gasteiger partial charge in [0, 0.05) is 31.7 Å². The SMILES string of the molecule is CC(C)(C)NC(=O)CN1CCN(c2nnnn2-c2ccccc2)CC1. The van der Waals surface area contributed by atoms with Crippen LogP contribution in [0.5, 0.6) is 0 Å². The molecule has 1 aliphatic rings. The summed E-state index contributed by atoms with van der Waals surface area (Å²) in [7, 11) is 0. The van der Waals surface area contributed by atoms with E-state index in [1.165, 1.54) is 0 Å². The lowest BCUT2D eigenvalue weighted by Gasteiger charge is -2.34. The highest BCUT2D eigenvalue weighted by Crippen LogP contribution is 2.16. The van der Waals surface area contributed by atoms with Gasteiger partial charge in [-0.1, -0.05) is 23.3 Å². The Labute approximate surface area is 147 Å². The maximum atomic E-state index is 12.1. The Balaban J connectivity index is 1.59. The van der Waals surface area contributed by atoms with E-state index in [1.807, 2.05) is 51.1 Å². The zero-order valence-electron chi connectivity index (χ0n) is 15.0. The van der Waals surface area contributed by atoms with E-state index in [0.29, 0.717) is 6.54 Å². The Bertz CT molecular complexity index is 699. The topological polar surface area (TPSA) is 79.2 Å². The standard InChI is InChI=1S/C17H25N7O/c1-17(2,3)18-15(25)13-22-9-11-23(12-10-22)16-19-20-21-24(16)14-7-5-4-6-8-14/h4-8H,9-13H2,1-3H3,(H,18,25). The van der Waals surface area contributed by atoms with Crippen LogP contribution in [-0.4, -0.2) is 69.3 Å². The van der Waals surface area contributed by atoms with Gasteiger partial charge >= 0.3 is 0 Å². The smallest absolute Gasteiger partial charge is 0.250 e. The summed E-state index contributed by atoms with van der Waals surface area (Å²) in [5, 5.41) is 15.1. The Morgan fingerprint density at radius 2 is 1.80 bits per heavy atom. The molecule has 8 nitrogen and oxygen atoms in total. The van der Waals surface area contributed by atoms with E-state index >= 15 is 0 Å². The third-order valence-electron chi connectivity index (χ3n) is 3.99. The van der Waals surface area contributed by atoms with Crippen molar-refractivity contribution in [3.63, 3.8) is 0 Å². The molecule has 25 heavy (non-hydrogen) atoms. The van der Waals surface area contributed by atoms with Crippen molar-refractivity contribution in [2.45, 2.75) is 26.3 Å². The molecule has 0 atom stereocenters. The molecule has 1 aromatic carbocycles. The van der Waals surface area contributed by atoms with Gasteiger partial charge in [-0.05, 0) is 43.3 Å². The van der Waals surface area contributed by atoms with Crippen LogP contribution in [0.3, 0.4) is 0 Å². The van der Waals surface area contributed by atoms with Crippen molar-refractivity contribution in [1.82, 2.24) is 30.4 Å². The van der Waals surface area contributed by atoms with E-state index in [-0.39, 0.29) is 11.4 Å². The third kappa shape index (κ3) is 4.54. The summed E-state index contributed by atoms with van der Waals surface area (Å²) < 4.78 is 1.75. The molecule has 0 spiro atoms. The average Bonchev–Trinajstić information content (AvgIpc) is 3.04. The number of nitrogens with zero attached hydrogens (tertiary/aromatic N) is 6. The first kappa shape index (κ1) is 17.3. The van der Waals surface area contributed by atoms with Crippen LogP contribution in [0.2, 0.25) is 0 Å². The molecule has 0 bridgehead atoms. The molecule has 0 unspecified atom stereocenters. The second kappa shape index (κ2) is 7.18. The lowest BCUT2D eigenvalue weighted by Crippen LogP contribution is -2.52. The predicted octanol–water partition coefficient (Wildman–Crippen LogP) is 0.699. The number of aromatic nitrogens is 4. The number of nitrogens with one attached hydrogen (secondary N) is 1. The molecule has 2 heterocycles. The quantitative estimate of drug-likeness (QED) is 0.880. The minimum absolute atomic E-state index is 0.0649. The number of carbonyl (C=O) groups excluding carboxylic acids is 1. The number of benzene rings is 1. The highest BCUT2D eigenvalue weighted by molar-refractivity contribution is 5.78. The molecule has 1 amide bonds. The van der Waals surface area contributed by atoms with Crippen molar-refractivity contribution in [2.24, 2.45) is 0 Å². The highest BCUT2D eigenvalue weighted by atomic mass is 16.2. The van der Waals surface area contributed by atoms with Gasteiger partial charge in [-0.3, -0.25) is 9.69 Å². The molecule has 1 N–H and O–H groups in total. The molecular formula is C17H25N7O. The van der Waals surface area contributed by atoms with Crippen LogP contribution in [0.1, 0.15) is 20.8 Å². The van der Waals surface area contributed by atoms with Gasteiger partial charge in [-0.2, -0.15) is 4.68 Å². The molecule has 1 aliphatic heterocycles. The van der Waals surface area contributed by atoms with Crippen LogP contribution in [0, 0.1) is 0 Å². The Hall–Kier alpha value is -2.48. The minimum atomic E-state index is -0.198. The van der Waals surface area contributed by atoms with E-state index in [2.05, 4.69) is 30.6 Å². The third-order valence-corrected chi connectivity index (χ3v) is 3.99. The molecule has 3 rings (SSSR count). The van der Waals surface area contributed by atoms with Crippen molar-refractivity contribution in [2.75, 3.05) is 37.6 Å². The molecule has 2 aromatic rings. The zero-order valence-corrected chi connectivity index (χ0v) is 15.0. The fraction of sp³-hybridized carbons (Fsp3) is 0.529. The van der Waals surface area contributed by atoms with E-state index in [4.69, 9.17) is 0 Å². The lowest BCUT2D eigenvalue weighted by atomic mass is 10.1. The van der Waals surface area contributed by atoms with Gasteiger partial charge < -0.3 is 10.2 Å². The van der Waals surface area contributed by atoms with Gasteiger partial charge in [0.2, 0.25) is 11.9 Å². The monoisotopic (exact) mass is 343 g/mol. The van der Waals surface area contributed by atoms with Gasteiger partial charge in [-0.25, -0.2) is 0 Å². The zero-order chi connectivity index (χ0) is 17.9. The van der Waals surface area contributed by atoms with Crippen molar-refractivity contribution in [1.29, 1.82) is 0 Å². The first-order chi connectivity index (χ1) is 11.9. The molecule has 0 aliphatic carbocycles. The number of hydrogen-bond donors (Lipinski definition) is 1. The summed E-state index contributed by atoms with van der Waals surface area (Å²) in [4.78, 5) is 16.4. The molecule has 0 saturated carbocycles. The van der Waals surface area contributed by atoms with Gasteiger partial charge in [0.15, 0.2) is 0 Å². The number of carbonyl (C=O) groups is 1. The van der Waals surface area contributed by atoms with Crippen LogP contribution in [0.4, 0.5) is 5.95 Å². The number of piperazine rings is 1. The number of hydrogen-bond acceptors (Lipinski definition) is 6. The number of amides is 1. The van der Waals surface area contributed by atoms with Crippen LogP contribution in [0.25, 0.3) is 5.69 Å². The second-order valence-electron chi connectivity index (χ2n) is 7.29. The summed E-state index contributed by atoms with van der Waals surface area (Å²) >= 11 is 0. The van der Waals surface area contributed by atoms with Gasteiger partial charge in [0.1, 0.15) is 0 Å². The number of tetrazole rings is 1. The van der Waals surface area contributed by atoms with Gasteiger partial charge in [0.05, 0.1) is 12.2 Å². The fourth-order valence-corrected chi connectivity index (χ4v) is 2.88. The first-order valence-corrected chi connectivity index (χ1v) is 8.54. The fourth-order valence-electron chi connectivity index (χ4n) is 2.88. The molecule has 1 aromatic heterocycles. The largest absolute Gasteiger partial charge is 0.350 e. The Morgan fingerprint density at radius 3 is 2.44 bits per heavy atom. The van der Waals surface area contributed by atoms with Crippen molar-refractivity contribution < 1.29 is 4.79 Å². The van der Waals surface area contributed by atoms with E-state index < -0.39 is 0 Å². The normalized spacial score (nSPS) is 16.0. The summed E-state index contributed by atoms with van der Waals surface area (Å²) in [6.45, 7) is 9.59. The number of rotatable bonds is 4. The molecule has 134 valence electrons. The minimum Gasteiger partial charge on any atom is -0.350 e. The summed E-state index contributed by atoms with van der Waals surface area (Å²) in [5.41, 5.74) is 0.742.